The van der Waals surface area contributed by atoms with Crippen LogP contribution in [0.2, 0.25) is 0 Å². The molecule has 0 saturated heterocycles. The van der Waals surface area contributed by atoms with Crippen molar-refractivity contribution in [3.05, 3.63) is 12.7 Å². The molecule has 2 heteroatoms. The smallest absolute Gasteiger partial charge is 0.0654 e. The van der Waals surface area contributed by atoms with Crippen LogP contribution in [0.15, 0.2) is 12.7 Å². The second-order valence-corrected chi connectivity index (χ2v) is 2.82. The van der Waals surface area contributed by atoms with E-state index in [4.69, 9.17) is 5.11 Å². The monoisotopic (exact) mass is 144 g/mol. The molecular formula is C8H16O2. The lowest BCUT2D eigenvalue weighted by Crippen LogP contribution is -2.23. The molecule has 2 nitrogen and oxygen atoms in total. The van der Waals surface area contributed by atoms with E-state index >= 15 is 0 Å². The quantitative estimate of drug-likeness (QED) is 0.567. The van der Waals surface area contributed by atoms with Gasteiger partial charge in [-0.3, -0.25) is 0 Å². The fourth-order valence-electron chi connectivity index (χ4n) is 0.873. The first-order valence-electron chi connectivity index (χ1n) is 3.56. The number of aliphatic hydroxyl groups excluding tert-OH is 1. The summed E-state index contributed by atoms with van der Waals surface area (Å²) in [4.78, 5) is 0. The van der Waals surface area contributed by atoms with Crippen molar-refractivity contribution in [1.82, 2.24) is 0 Å². The summed E-state index contributed by atoms with van der Waals surface area (Å²) in [5, 5.41) is 17.9. The molecule has 0 radical (unpaired) electrons. The molecule has 2 N–H and O–H groups in total. The Balaban J connectivity index is 3.51. The van der Waals surface area contributed by atoms with E-state index in [2.05, 4.69) is 6.58 Å². The molecule has 0 saturated carbocycles. The van der Waals surface area contributed by atoms with Crippen LogP contribution in [0.3, 0.4) is 0 Å². The molecule has 0 aromatic heterocycles. The Morgan fingerprint density at radius 1 is 1.60 bits per heavy atom. The molecule has 60 valence electrons. The highest BCUT2D eigenvalue weighted by molar-refractivity contribution is 4.82. The van der Waals surface area contributed by atoms with Crippen LogP contribution in [-0.4, -0.2) is 22.4 Å². The first-order chi connectivity index (χ1) is 4.62. The Labute approximate surface area is 62.2 Å². The van der Waals surface area contributed by atoms with Crippen LogP contribution in [-0.2, 0) is 0 Å². The molecule has 0 fully saturated rings. The molecule has 0 aromatic carbocycles. The highest BCUT2D eigenvalue weighted by Crippen LogP contribution is 2.15. The minimum absolute atomic E-state index is 0.146. The summed E-state index contributed by atoms with van der Waals surface area (Å²) in [6, 6.07) is 0. The lowest BCUT2D eigenvalue weighted by molar-refractivity contribution is 0.0467. The van der Waals surface area contributed by atoms with Gasteiger partial charge in [-0.05, 0) is 26.2 Å². The van der Waals surface area contributed by atoms with Crippen LogP contribution in [0.4, 0.5) is 0 Å². The molecule has 0 spiro atoms. The summed E-state index contributed by atoms with van der Waals surface area (Å²) in [5.74, 6) is 0. The van der Waals surface area contributed by atoms with Gasteiger partial charge in [0.05, 0.1) is 5.60 Å². The van der Waals surface area contributed by atoms with Crippen molar-refractivity contribution in [2.45, 2.75) is 31.8 Å². The summed E-state index contributed by atoms with van der Waals surface area (Å²) in [7, 11) is 0. The van der Waals surface area contributed by atoms with Gasteiger partial charge in [-0.2, -0.15) is 0 Å². The lowest BCUT2D eigenvalue weighted by atomic mass is 9.97. The molecule has 0 aliphatic rings. The molecule has 0 bridgehead atoms. The molecule has 0 aromatic rings. The predicted molar refractivity (Wildman–Crippen MR) is 41.8 cm³/mol. The van der Waals surface area contributed by atoms with Gasteiger partial charge >= 0.3 is 0 Å². The van der Waals surface area contributed by atoms with Crippen LogP contribution >= 0.6 is 0 Å². The largest absolute Gasteiger partial charge is 0.396 e. The highest BCUT2D eigenvalue weighted by atomic mass is 16.3. The normalized spacial score (nSPS) is 16.3. The lowest BCUT2D eigenvalue weighted by Gasteiger charge is -2.20. The van der Waals surface area contributed by atoms with E-state index in [-0.39, 0.29) is 6.61 Å². The SMILES string of the molecule is C=CCC(C)(O)CCCO. The third-order valence-corrected chi connectivity index (χ3v) is 1.46. The van der Waals surface area contributed by atoms with Crippen LogP contribution in [0.5, 0.6) is 0 Å². The minimum Gasteiger partial charge on any atom is -0.396 e. The van der Waals surface area contributed by atoms with E-state index in [1.165, 1.54) is 0 Å². The second-order valence-electron chi connectivity index (χ2n) is 2.82. The van der Waals surface area contributed by atoms with E-state index in [1.54, 1.807) is 13.0 Å². The molecule has 0 rings (SSSR count). The van der Waals surface area contributed by atoms with Crippen molar-refractivity contribution < 1.29 is 10.2 Å². The molecule has 1 unspecified atom stereocenters. The summed E-state index contributed by atoms with van der Waals surface area (Å²) >= 11 is 0. The molecule has 0 amide bonds. The molecule has 0 aliphatic heterocycles. The Hall–Kier alpha value is -0.340. The average molecular weight is 144 g/mol. The Bertz CT molecular complexity index is 97.4. The van der Waals surface area contributed by atoms with Crippen molar-refractivity contribution in [2.24, 2.45) is 0 Å². The second kappa shape index (κ2) is 4.47. The zero-order chi connectivity index (χ0) is 8.04. The number of hydrogen-bond acceptors (Lipinski definition) is 2. The minimum atomic E-state index is -0.676. The van der Waals surface area contributed by atoms with Crippen molar-refractivity contribution in [1.29, 1.82) is 0 Å². The fourth-order valence-corrected chi connectivity index (χ4v) is 0.873. The van der Waals surface area contributed by atoms with Crippen LogP contribution < -0.4 is 0 Å². The fraction of sp³-hybridized carbons (Fsp3) is 0.750. The van der Waals surface area contributed by atoms with Gasteiger partial charge in [-0.15, -0.1) is 6.58 Å². The molecule has 0 heterocycles. The van der Waals surface area contributed by atoms with Crippen molar-refractivity contribution in [3.63, 3.8) is 0 Å². The van der Waals surface area contributed by atoms with Gasteiger partial charge in [-0.25, -0.2) is 0 Å². The van der Waals surface area contributed by atoms with Gasteiger partial charge in [0.15, 0.2) is 0 Å². The summed E-state index contributed by atoms with van der Waals surface area (Å²) in [5.41, 5.74) is -0.676. The van der Waals surface area contributed by atoms with Gasteiger partial charge in [0.1, 0.15) is 0 Å². The average Bonchev–Trinajstić information content (AvgIpc) is 1.84. The third kappa shape index (κ3) is 4.53. The number of aliphatic hydroxyl groups is 2. The molecule has 1 atom stereocenters. The van der Waals surface area contributed by atoms with Gasteiger partial charge in [-0.1, -0.05) is 6.08 Å². The standard InChI is InChI=1S/C8H16O2/c1-3-5-8(2,10)6-4-7-9/h3,9-10H,1,4-7H2,2H3. The van der Waals surface area contributed by atoms with E-state index in [0.717, 1.165) is 0 Å². The summed E-state index contributed by atoms with van der Waals surface area (Å²) < 4.78 is 0. The predicted octanol–water partition coefficient (Wildman–Crippen LogP) is 1.09. The zero-order valence-electron chi connectivity index (χ0n) is 6.51. The first-order valence-corrected chi connectivity index (χ1v) is 3.56. The van der Waals surface area contributed by atoms with Gasteiger partial charge < -0.3 is 10.2 Å². The number of rotatable bonds is 5. The topological polar surface area (TPSA) is 40.5 Å². The maximum atomic E-state index is 9.46. The van der Waals surface area contributed by atoms with Crippen LogP contribution in [0, 0.1) is 0 Å². The Morgan fingerprint density at radius 3 is 2.60 bits per heavy atom. The number of hydrogen-bond donors (Lipinski definition) is 2. The van der Waals surface area contributed by atoms with E-state index in [1.807, 2.05) is 0 Å². The van der Waals surface area contributed by atoms with Crippen molar-refractivity contribution in [3.8, 4) is 0 Å². The molecule has 0 aliphatic carbocycles. The maximum Gasteiger partial charge on any atom is 0.0654 e. The van der Waals surface area contributed by atoms with Crippen LogP contribution in [0.25, 0.3) is 0 Å². The van der Waals surface area contributed by atoms with Gasteiger partial charge in [0.25, 0.3) is 0 Å². The maximum absolute atomic E-state index is 9.46. The summed E-state index contributed by atoms with van der Waals surface area (Å²) in [6.07, 6.45) is 3.57. The van der Waals surface area contributed by atoms with E-state index in [0.29, 0.717) is 19.3 Å². The van der Waals surface area contributed by atoms with Crippen molar-refractivity contribution in [2.75, 3.05) is 6.61 Å². The van der Waals surface area contributed by atoms with Gasteiger partial charge in [0.2, 0.25) is 0 Å². The highest BCUT2D eigenvalue weighted by Gasteiger charge is 2.16. The van der Waals surface area contributed by atoms with Crippen LogP contribution in [0.1, 0.15) is 26.2 Å². The van der Waals surface area contributed by atoms with Gasteiger partial charge in [0, 0.05) is 6.61 Å². The van der Waals surface area contributed by atoms with E-state index in [9.17, 15) is 5.11 Å². The summed E-state index contributed by atoms with van der Waals surface area (Å²) in [6.45, 7) is 5.43. The van der Waals surface area contributed by atoms with E-state index < -0.39 is 5.60 Å². The molecule has 10 heavy (non-hydrogen) atoms. The first kappa shape index (κ1) is 9.66. The molecular weight excluding hydrogens is 128 g/mol. The zero-order valence-corrected chi connectivity index (χ0v) is 6.51. The Morgan fingerprint density at radius 2 is 2.20 bits per heavy atom. The van der Waals surface area contributed by atoms with Crippen molar-refractivity contribution >= 4 is 0 Å². The Kier molecular flexibility index (Phi) is 4.32. The third-order valence-electron chi connectivity index (χ3n) is 1.46.